The molecular weight excluding hydrogens is 226 g/mol. The normalized spacial score (nSPS) is 10.8. The van der Waals surface area contributed by atoms with Gasteiger partial charge < -0.3 is 5.73 Å². The lowest BCUT2D eigenvalue weighted by Gasteiger charge is -1.91. The number of rotatable bonds is 0. The molecule has 0 aliphatic carbocycles. The van der Waals surface area contributed by atoms with Gasteiger partial charge in [0, 0.05) is 0 Å². The van der Waals surface area contributed by atoms with Gasteiger partial charge in [0.1, 0.15) is 6.33 Å². The van der Waals surface area contributed by atoms with E-state index in [9.17, 15) is 4.79 Å². The van der Waals surface area contributed by atoms with E-state index in [4.69, 9.17) is 5.73 Å². The quantitative estimate of drug-likeness (QED) is 0.659. The van der Waals surface area contributed by atoms with E-state index in [1.165, 1.54) is 9.92 Å². The molecule has 0 aliphatic rings. The number of H-pyrrole nitrogens is 1. The van der Waals surface area contributed by atoms with Crippen LogP contribution in [0.1, 0.15) is 0 Å². The van der Waals surface area contributed by atoms with E-state index in [1.54, 1.807) is 0 Å². The minimum atomic E-state index is -0.313. The van der Waals surface area contributed by atoms with Crippen LogP contribution in [0.4, 0.5) is 5.95 Å². The largest absolute Gasteiger partial charge is 0.369 e. The van der Waals surface area contributed by atoms with Crippen molar-refractivity contribution >= 4 is 33.3 Å². The van der Waals surface area contributed by atoms with Gasteiger partial charge in [0.2, 0.25) is 5.95 Å². The van der Waals surface area contributed by atoms with E-state index in [0.29, 0.717) is 11.2 Å². The fourth-order valence-electron chi connectivity index (χ4n) is 0.918. The lowest BCUT2D eigenvalue weighted by Crippen LogP contribution is -2.12. The molecule has 0 aliphatic heterocycles. The van der Waals surface area contributed by atoms with Crippen LogP contribution in [-0.4, -0.2) is 18.5 Å². The molecule has 0 unspecified atom stereocenters. The van der Waals surface area contributed by atoms with Crippen molar-refractivity contribution in [1.29, 1.82) is 0 Å². The number of hydrogen-bond acceptors (Lipinski definition) is 4. The second-order valence-corrected chi connectivity index (χ2v) is 2.94. The number of halogens is 1. The summed E-state index contributed by atoms with van der Waals surface area (Å²) in [6, 6.07) is 0. The molecule has 3 N–H and O–H groups in total. The Labute approximate surface area is 74.8 Å². The van der Waals surface area contributed by atoms with Crippen molar-refractivity contribution < 1.29 is 0 Å². The van der Waals surface area contributed by atoms with Crippen molar-refractivity contribution in [3.8, 4) is 0 Å². The van der Waals surface area contributed by atoms with Gasteiger partial charge in [0.15, 0.2) is 11.2 Å². The average Bonchev–Trinajstić information content (AvgIpc) is 2.31. The molecule has 0 spiro atoms. The lowest BCUT2D eigenvalue weighted by molar-refractivity contribution is 1.17. The number of aromatic nitrogens is 4. The van der Waals surface area contributed by atoms with E-state index in [2.05, 4.69) is 31.1 Å². The SMILES string of the molecule is Nc1nc2ncn(Br)c2c(=O)[nH]1. The number of nitrogens with one attached hydrogen (secondary N) is 1. The fraction of sp³-hybridized carbons (Fsp3) is 0. The van der Waals surface area contributed by atoms with Crippen LogP contribution in [0.3, 0.4) is 0 Å². The molecule has 2 heterocycles. The smallest absolute Gasteiger partial charge is 0.279 e. The number of hydrogen-bond donors (Lipinski definition) is 2. The molecular formula is C5H4BrN5O. The monoisotopic (exact) mass is 229 g/mol. The Morgan fingerprint density at radius 2 is 2.42 bits per heavy atom. The van der Waals surface area contributed by atoms with Crippen LogP contribution in [-0.2, 0) is 0 Å². The highest BCUT2D eigenvalue weighted by molar-refractivity contribution is 9.08. The van der Waals surface area contributed by atoms with Crippen molar-refractivity contribution in [3.63, 3.8) is 0 Å². The van der Waals surface area contributed by atoms with Crippen LogP contribution in [0, 0.1) is 0 Å². The Bertz CT molecular complexity index is 486. The number of anilines is 1. The van der Waals surface area contributed by atoms with Crippen molar-refractivity contribution in [1.82, 2.24) is 18.5 Å². The van der Waals surface area contributed by atoms with Gasteiger partial charge in [-0.15, -0.1) is 0 Å². The number of nitrogens with two attached hydrogens (primary N) is 1. The molecule has 0 amide bonds. The minimum Gasteiger partial charge on any atom is -0.369 e. The summed E-state index contributed by atoms with van der Waals surface area (Å²) in [5.74, 6) is 0.0682. The molecule has 0 saturated heterocycles. The number of aromatic amines is 1. The molecule has 0 saturated carbocycles. The fourth-order valence-corrected chi connectivity index (χ4v) is 1.33. The summed E-state index contributed by atoms with van der Waals surface area (Å²) in [5.41, 5.74) is 5.67. The van der Waals surface area contributed by atoms with Gasteiger partial charge in [-0.25, -0.2) is 4.98 Å². The van der Waals surface area contributed by atoms with E-state index >= 15 is 0 Å². The summed E-state index contributed by atoms with van der Waals surface area (Å²) in [6.07, 6.45) is 1.44. The standard InChI is InChI=1S/C5H4BrN5O/c6-11-1-8-3-2(11)4(12)10-5(7)9-3/h1H,(H3,7,9,10,12). The maximum Gasteiger partial charge on any atom is 0.279 e. The first-order valence-electron chi connectivity index (χ1n) is 3.07. The van der Waals surface area contributed by atoms with Gasteiger partial charge in [-0.3, -0.25) is 13.4 Å². The van der Waals surface area contributed by atoms with Crippen LogP contribution >= 0.6 is 16.1 Å². The molecule has 0 radical (unpaired) electrons. The first-order chi connectivity index (χ1) is 5.68. The Balaban J connectivity index is 3.03. The van der Waals surface area contributed by atoms with E-state index in [-0.39, 0.29) is 11.5 Å². The highest BCUT2D eigenvalue weighted by atomic mass is 79.9. The predicted molar refractivity (Wildman–Crippen MR) is 46.9 cm³/mol. The Kier molecular flexibility index (Phi) is 1.40. The molecule has 12 heavy (non-hydrogen) atoms. The van der Waals surface area contributed by atoms with Gasteiger partial charge in [-0.1, -0.05) is 0 Å². The maximum atomic E-state index is 11.2. The molecule has 7 heteroatoms. The van der Waals surface area contributed by atoms with Crippen molar-refractivity contribution in [2.24, 2.45) is 0 Å². The third kappa shape index (κ3) is 0.900. The Hall–Kier alpha value is -1.37. The average molecular weight is 230 g/mol. The molecule has 6 nitrogen and oxygen atoms in total. The van der Waals surface area contributed by atoms with Crippen LogP contribution in [0.25, 0.3) is 11.2 Å². The second-order valence-electron chi connectivity index (χ2n) is 2.18. The van der Waals surface area contributed by atoms with Crippen molar-refractivity contribution in [2.75, 3.05) is 5.73 Å². The first-order valence-corrected chi connectivity index (χ1v) is 3.78. The number of nitrogens with zero attached hydrogens (tertiary/aromatic N) is 3. The highest BCUT2D eigenvalue weighted by Gasteiger charge is 2.06. The summed E-state index contributed by atoms with van der Waals surface area (Å²) in [6.45, 7) is 0. The third-order valence-electron chi connectivity index (χ3n) is 1.39. The predicted octanol–water partition coefficient (Wildman–Crippen LogP) is -0.140. The topological polar surface area (TPSA) is 89.6 Å². The van der Waals surface area contributed by atoms with Gasteiger partial charge in [0.05, 0.1) is 16.1 Å². The zero-order chi connectivity index (χ0) is 8.72. The zero-order valence-corrected chi connectivity index (χ0v) is 7.37. The first kappa shape index (κ1) is 7.29. The zero-order valence-electron chi connectivity index (χ0n) is 5.78. The maximum absolute atomic E-state index is 11.2. The summed E-state index contributed by atoms with van der Waals surface area (Å²) in [4.78, 5) is 21.2. The Morgan fingerprint density at radius 1 is 1.67 bits per heavy atom. The summed E-state index contributed by atoms with van der Waals surface area (Å²) in [7, 11) is 0. The van der Waals surface area contributed by atoms with Gasteiger partial charge >= 0.3 is 0 Å². The lowest BCUT2D eigenvalue weighted by atomic mass is 10.5. The van der Waals surface area contributed by atoms with E-state index < -0.39 is 0 Å². The molecule has 2 rings (SSSR count). The summed E-state index contributed by atoms with van der Waals surface area (Å²) < 4.78 is 1.41. The third-order valence-corrected chi connectivity index (χ3v) is 1.93. The summed E-state index contributed by atoms with van der Waals surface area (Å²) >= 11 is 3.10. The van der Waals surface area contributed by atoms with E-state index in [1.807, 2.05) is 0 Å². The molecule has 0 atom stereocenters. The van der Waals surface area contributed by atoms with Gasteiger partial charge in [0.25, 0.3) is 5.56 Å². The Morgan fingerprint density at radius 3 is 3.17 bits per heavy atom. The number of imidazole rings is 1. The van der Waals surface area contributed by atoms with Gasteiger partial charge in [-0.05, 0) is 0 Å². The van der Waals surface area contributed by atoms with Crippen LogP contribution in [0.2, 0.25) is 0 Å². The van der Waals surface area contributed by atoms with Crippen LogP contribution < -0.4 is 11.3 Å². The molecule has 62 valence electrons. The molecule has 0 fully saturated rings. The van der Waals surface area contributed by atoms with Gasteiger partial charge in [-0.2, -0.15) is 4.98 Å². The number of fused-ring (bicyclic) bond motifs is 1. The minimum absolute atomic E-state index is 0.0682. The molecule has 0 bridgehead atoms. The summed E-state index contributed by atoms with van der Waals surface area (Å²) in [5, 5.41) is 0. The van der Waals surface area contributed by atoms with Crippen LogP contribution in [0.5, 0.6) is 0 Å². The molecule has 2 aromatic rings. The van der Waals surface area contributed by atoms with E-state index in [0.717, 1.165) is 0 Å². The molecule has 2 aromatic heterocycles. The molecule has 0 aromatic carbocycles. The highest BCUT2D eigenvalue weighted by Crippen LogP contribution is 2.07. The second kappa shape index (κ2) is 2.31. The van der Waals surface area contributed by atoms with Crippen molar-refractivity contribution in [3.05, 3.63) is 16.7 Å². The van der Waals surface area contributed by atoms with Crippen LogP contribution in [0.15, 0.2) is 11.1 Å². The van der Waals surface area contributed by atoms with Crippen molar-refractivity contribution in [2.45, 2.75) is 0 Å². The number of nitrogen functional groups attached to an aromatic ring is 1.